The lowest BCUT2D eigenvalue weighted by atomic mass is 10.1. The maximum absolute atomic E-state index is 12.2. The topological polar surface area (TPSA) is 152 Å². The third-order valence-electron chi connectivity index (χ3n) is 4.37. The van der Waals surface area contributed by atoms with Crippen LogP contribution in [0.4, 0.5) is 0 Å². The van der Waals surface area contributed by atoms with Crippen LogP contribution in [0.1, 0.15) is 22.3 Å². The molecule has 0 aromatic heterocycles. The largest absolute Gasteiger partial charge is 0.467 e. The van der Waals surface area contributed by atoms with Crippen LogP contribution in [0.15, 0.2) is 59.5 Å². The Kier molecular flexibility index (Phi) is 9.53. The normalized spacial score (nSPS) is 11.6. The maximum Gasteiger partial charge on any atom is 0.338 e. The van der Waals surface area contributed by atoms with Crippen molar-refractivity contribution in [2.75, 3.05) is 20.3 Å². The molecule has 0 aliphatic heterocycles. The van der Waals surface area contributed by atoms with E-state index in [1.54, 1.807) is 24.3 Å². The second kappa shape index (κ2) is 12.3. The molecule has 0 heterocycles. The van der Waals surface area contributed by atoms with E-state index < -0.39 is 40.5 Å². The van der Waals surface area contributed by atoms with Gasteiger partial charge in [-0.15, -0.1) is 0 Å². The lowest BCUT2D eigenvalue weighted by molar-refractivity contribution is -0.145. The third-order valence-corrected chi connectivity index (χ3v) is 5.84. The quantitative estimate of drug-likeness (QED) is 0.361. The first kappa shape index (κ1) is 25.5. The van der Waals surface area contributed by atoms with Gasteiger partial charge in [-0.3, -0.25) is 4.79 Å². The summed E-state index contributed by atoms with van der Waals surface area (Å²) in [4.78, 5) is 36.3. The highest BCUT2D eigenvalue weighted by Gasteiger charge is 2.23. The van der Waals surface area contributed by atoms with Crippen LogP contribution in [-0.4, -0.2) is 52.6 Å². The zero-order valence-corrected chi connectivity index (χ0v) is 18.6. The molecule has 0 aliphatic rings. The van der Waals surface area contributed by atoms with Gasteiger partial charge in [-0.1, -0.05) is 30.3 Å². The number of carbonyl (C=O) groups is 3. The lowest BCUT2D eigenvalue weighted by Gasteiger charge is -2.16. The van der Waals surface area contributed by atoms with Crippen molar-refractivity contribution in [1.82, 2.24) is 10.0 Å². The first-order valence-electron chi connectivity index (χ1n) is 9.81. The molecule has 1 unspecified atom stereocenters. The molecule has 2 rings (SSSR count). The van der Waals surface area contributed by atoms with Crippen LogP contribution < -0.4 is 10.0 Å². The molecule has 1 amide bonds. The Labute approximate surface area is 191 Å². The molecule has 0 radical (unpaired) electrons. The van der Waals surface area contributed by atoms with Gasteiger partial charge in [0.1, 0.15) is 6.04 Å². The Bertz CT molecular complexity index is 1110. The molecule has 0 fully saturated rings. The molecule has 0 spiro atoms. The molecule has 0 bridgehead atoms. The molecule has 2 N–H and O–H groups in total. The van der Waals surface area contributed by atoms with E-state index >= 15 is 0 Å². The first-order valence-corrected chi connectivity index (χ1v) is 11.3. The second-order valence-corrected chi connectivity index (χ2v) is 8.51. The zero-order chi connectivity index (χ0) is 24.3. The molecular weight excluding hydrogens is 450 g/mol. The van der Waals surface area contributed by atoms with Crippen molar-refractivity contribution in [3.63, 3.8) is 0 Å². The Morgan fingerprint density at radius 2 is 1.73 bits per heavy atom. The number of hydrogen-bond acceptors (Lipinski definition) is 8. The molecule has 10 nitrogen and oxygen atoms in total. The standard InChI is InChI=1S/C22H23N3O7S/c1-31-22(28)19(14-16-6-3-2-4-7-16)25-20(26)15-32-21(27)17-8-10-18(11-9-17)33(29,30)24-13-5-12-23/h2-4,6-11,19,24H,5,13-15H2,1H3,(H,25,26). The van der Waals surface area contributed by atoms with Gasteiger partial charge < -0.3 is 14.8 Å². The molecule has 1 atom stereocenters. The SMILES string of the molecule is COC(=O)C(Cc1ccccc1)NC(=O)COC(=O)c1ccc(S(=O)(=O)NCCC#N)cc1. The first-order chi connectivity index (χ1) is 15.8. The smallest absolute Gasteiger partial charge is 0.338 e. The lowest BCUT2D eigenvalue weighted by Crippen LogP contribution is -2.44. The van der Waals surface area contributed by atoms with Crippen LogP contribution in [0.25, 0.3) is 0 Å². The highest BCUT2D eigenvalue weighted by Crippen LogP contribution is 2.11. The number of nitriles is 1. The van der Waals surface area contributed by atoms with Crippen LogP contribution in [0.3, 0.4) is 0 Å². The van der Waals surface area contributed by atoms with E-state index in [1.807, 2.05) is 12.1 Å². The summed E-state index contributed by atoms with van der Waals surface area (Å²) in [5, 5.41) is 11.0. The molecular formula is C22H23N3O7S. The summed E-state index contributed by atoms with van der Waals surface area (Å²) >= 11 is 0. The molecule has 174 valence electrons. The van der Waals surface area contributed by atoms with Crippen LogP contribution in [0.2, 0.25) is 0 Å². The zero-order valence-electron chi connectivity index (χ0n) is 17.8. The number of hydrogen-bond donors (Lipinski definition) is 2. The Hall–Kier alpha value is -3.75. The van der Waals surface area contributed by atoms with Gasteiger partial charge >= 0.3 is 11.9 Å². The average Bonchev–Trinajstić information content (AvgIpc) is 2.82. The minimum Gasteiger partial charge on any atom is -0.467 e. The average molecular weight is 474 g/mol. The van der Waals surface area contributed by atoms with E-state index in [4.69, 9.17) is 14.7 Å². The summed E-state index contributed by atoms with van der Waals surface area (Å²) in [6, 6.07) is 14.8. The predicted octanol–water partition coefficient (Wildman–Crippen LogP) is 0.936. The number of nitrogens with zero attached hydrogens (tertiary/aromatic N) is 1. The Balaban J connectivity index is 1.92. The van der Waals surface area contributed by atoms with Crippen LogP contribution in [0, 0.1) is 11.3 Å². The van der Waals surface area contributed by atoms with Crippen molar-refractivity contribution in [1.29, 1.82) is 5.26 Å². The second-order valence-electron chi connectivity index (χ2n) is 6.74. The molecule has 0 saturated heterocycles. The van der Waals surface area contributed by atoms with Crippen LogP contribution in [-0.2, 0) is 35.5 Å². The number of nitrogens with one attached hydrogen (secondary N) is 2. The number of carbonyl (C=O) groups excluding carboxylic acids is 3. The minimum atomic E-state index is -3.81. The van der Waals surface area contributed by atoms with Crippen molar-refractivity contribution >= 4 is 27.9 Å². The summed E-state index contributed by atoms with van der Waals surface area (Å²) in [5.41, 5.74) is 0.843. The molecule has 0 aliphatic carbocycles. The van der Waals surface area contributed by atoms with E-state index in [1.165, 1.54) is 31.4 Å². The molecule has 33 heavy (non-hydrogen) atoms. The number of methoxy groups -OCH3 is 1. The highest BCUT2D eigenvalue weighted by molar-refractivity contribution is 7.89. The number of ether oxygens (including phenoxy) is 2. The van der Waals surface area contributed by atoms with Gasteiger partial charge in [-0.25, -0.2) is 22.7 Å². The van der Waals surface area contributed by atoms with Crippen LogP contribution >= 0.6 is 0 Å². The predicted molar refractivity (Wildman–Crippen MR) is 116 cm³/mol. The van der Waals surface area contributed by atoms with E-state index in [0.717, 1.165) is 5.56 Å². The van der Waals surface area contributed by atoms with Crippen molar-refractivity contribution in [2.45, 2.75) is 23.8 Å². The monoisotopic (exact) mass is 473 g/mol. The fourth-order valence-electron chi connectivity index (χ4n) is 2.73. The number of sulfonamides is 1. The Morgan fingerprint density at radius 1 is 1.06 bits per heavy atom. The number of amides is 1. The van der Waals surface area contributed by atoms with E-state index in [0.29, 0.717) is 0 Å². The van der Waals surface area contributed by atoms with Crippen molar-refractivity contribution in [3.8, 4) is 6.07 Å². The summed E-state index contributed by atoms with van der Waals surface area (Å²) < 4.78 is 36.1. The summed E-state index contributed by atoms with van der Waals surface area (Å²) in [6.07, 6.45) is 0.222. The van der Waals surface area contributed by atoms with Gasteiger partial charge in [-0.05, 0) is 29.8 Å². The van der Waals surface area contributed by atoms with Crippen molar-refractivity contribution < 1.29 is 32.3 Å². The van der Waals surface area contributed by atoms with Gasteiger partial charge in [0, 0.05) is 19.4 Å². The summed E-state index contributed by atoms with van der Waals surface area (Å²) in [5.74, 6) is -2.18. The van der Waals surface area contributed by atoms with Gasteiger partial charge in [0.2, 0.25) is 10.0 Å². The fourth-order valence-corrected chi connectivity index (χ4v) is 3.76. The van der Waals surface area contributed by atoms with E-state index in [-0.39, 0.29) is 29.8 Å². The number of benzene rings is 2. The van der Waals surface area contributed by atoms with E-state index in [2.05, 4.69) is 10.0 Å². The molecule has 2 aromatic rings. The maximum atomic E-state index is 12.2. The van der Waals surface area contributed by atoms with Crippen LogP contribution in [0.5, 0.6) is 0 Å². The minimum absolute atomic E-state index is 0.0217. The van der Waals surface area contributed by atoms with Crippen molar-refractivity contribution in [2.24, 2.45) is 0 Å². The fraction of sp³-hybridized carbons (Fsp3) is 0.273. The van der Waals surface area contributed by atoms with E-state index in [9.17, 15) is 22.8 Å². The number of esters is 2. The van der Waals surface area contributed by atoms with Gasteiger partial charge in [-0.2, -0.15) is 5.26 Å². The Morgan fingerprint density at radius 3 is 2.33 bits per heavy atom. The molecule has 2 aromatic carbocycles. The summed E-state index contributed by atoms with van der Waals surface area (Å²) in [6.45, 7) is -0.675. The van der Waals surface area contributed by atoms with Gasteiger partial charge in [0.15, 0.2) is 6.61 Å². The molecule has 0 saturated carbocycles. The number of rotatable bonds is 11. The highest BCUT2D eigenvalue weighted by atomic mass is 32.2. The third kappa shape index (κ3) is 8.03. The van der Waals surface area contributed by atoms with Gasteiger partial charge in [0.05, 0.1) is 23.6 Å². The summed E-state index contributed by atoms with van der Waals surface area (Å²) in [7, 11) is -2.61. The molecule has 11 heteroatoms. The van der Waals surface area contributed by atoms with Gasteiger partial charge in [0.25, 0.3) is 5.91 Å². The van der Waals surface area contributed by atoms with Crippen molar-refractivity contribution in [3.05, 3.63) is 65.7 Å².